The molecule has 13 heteroatoms. The average molecular weight is 509 g/mol. The Bertz CT molecular complexity index is 1230. The number of aromatic nitrogens is 1. The third-order valence-electron chi connectivity index (χ3n) is 5.72. The Morgan fingerprint density at radius 1 is 1.38 bits per heavy atom. The van der Waals surface area contributed by atoms with Crippen LogP contribution in [0.1, 0.15) is 36.8 Å². The Morgan fingerprint density at radius 3 is 2.69 bits per heavy atom. The Kier molecular flexibility index (Phi) is 5.43. The monoisotopic (exact) mass is 508 g/mol. The molecule has 2 aromatic rings. The smallest absolute Gasteiger partial charge is 0.452 e. The fraction of sp³-hybridized carbons (Fsp3) is 0.368. The van der Waals surface area contributed by atoms with Crippen LogP contribution in [-0.4, -0.2) is 34.8 Å². The molecule has 1 saturated carbocycles. The lowest BCUT2D eigenvalue weighted by Gasteiger charge is -2.23. The molecule has 1 aromatic carbocycles. The van der Waals surface area contributed by atoms with Crippen LogP contribution >= 0.6 is 23.4 Å². The number of sulfonamides is 1. The van der Waals surface area contributed by atoms with Gasteiger partial charge in [-0.2, -0.15) is 17.9 Å². The Hall–Kier alpha value is -2.02. The van der Waals surface area contributed by atoms with Crippen molar-refractivity contribution in [2.24, 2.45) is 0 Å². The SMILES string of the molecule is CC1(c2cccc(Cl)c2)CC1(NS(=O)(=O)C1CC=C(c2cc(C(F)(F)F)on2)S1)C(=O)O. The van der Waals surface area contributed by atoms with E-state index in [0.717, 1.165) is 11.8 Å². The number of benzene rings is 1. The molecule has 1 aliphatic heterocycles. The Morgan fingerprint density at radius 2 is 2.09 bits per heavy atom. The molecule has 2 aliphatic rings. The van der Waals surface area contributed by atoms with Gasteiger partial charge in [0.1, 0.15) is 15.8 Å². The highest BCUT2D eigenvalue weighted by Crippen LogP contribution is 2.58. The number of carboxylic acids is 1. The minimum atomic E-state index is -4.72. The van der Waals surface area contributed by atoms with Gasteiger partial charge in [-0.1, -0.05) is 41.9 Å². The molecule has 1 aromatic heterocycles. The summed E-state index contributed by atoms with van der Waals surface area (Å²) >= 11 is 6.79. The highest BCUT2D eigenvalue weighted by atomic mass is 35.5. The number of hydrogen-bond acceptors (Lipinski definition) is 6. The van der Waals surface area contributed by atoms with Crippen LogP contribution in [0.3, 0.4) is 0 Å². The predicted molar refractivity (Wildman–Crippen MR) is 111 cm³/mol. The zero-order valence-corrected chi connectivity index (χ0v) is 18.7. The lowest BCUT2D eigenvalue weighted by atomic mass is 9.93. The molecule has 2 N–H and O–H groups in total. The molecule has 0 amide bonds. The van der Waals surface area contributed by atoms with Crippen molar-refractivity contribution in [3.63, 3.8) is 0 Å². The van der Waals surface area contributed by atoms with Gasteiger partial charge in [0.15, 0.2) is 0 Å². The van der Waals surface area contributed by atoms with Gasteiger partial charge in [-0.25, -0.2) is 8.42 Å². The van der Waals surface area contributed by atoms with E-state index in [1.807, 2.05) is 0 Å². The summed E-state index contributed by atoms with van der Waals surface area (Å²) in [4.78, 5) is 12.3. The molecular weight excluding hydrogens is 493 g/mol. The van der Waals surface area contributed by atoms with Crippen LogP contribution in [0.5, 0.6) is 0 Å². The maximum atomic E-state index is 13.0. The van der Waals surface area contributed by atoms with Crippen LogP contribution < -0.4 is 4.72 Å². The summed E-state index contributed by atoms with van der Waals surface area (Å²) in [7, 11) is -4.19. The minimum absolute atomic E-state index is 0.0187. The van der Waals surface area contributed by atoms with E-state index in [4.69, 9.17) is 11.6 Å². The number of hydrogen-bond donors (Lipinski definition) is 2. The number of nitrogens with zero attached hydrogens (tertiary/aromatic N) is 1. The van der Waals surface area contributed by atoms with Crippen LogP contribution in [0.25, 0.3) is 4.91 Å². The van der Waals surface area contributed by atoms with Crippen molar-refractivity contribution in [1.29, 1.82) is 0 Å². The summed E-state index contributed by atoms with van der Waals surface area (Å²) in [5.41, 5.74) is -2.35. The summed E-state index contributed by atoms with van der Waals surface area (Å²) in [5, 5.41) is 13.6. The van der Waals surface area contributed by atoms with Crippen LogP contribution in [-0.2, 0) is 26.4 Å². The van der Waals surface area contributed by atoms with Crippen LogP contribution in [0.2, 0.25) is 5.02 Å². The third-order valence-corrected chi connectivity index (χ3v) is 9.61. The molecule has 172 valence electrons. The van der Waals surface area contributed by atoms with Crippen LogP contribution in [0, 0.1) is 0 Å². The van der Waals surface area contributed by atoms with E-state index in [1.165, 1.54) is 6.08 Å². The molecule has 0 bridgehead atoms. The number of halogens is 4. The molecule has 0 radical (unpaired) electrons. The maximum absolute atomic E-state index is 13.0. The summed E-state index contributed by atoms with van der Waals surface area (Å²) < 4.78 is 69.8. The van der Waals surface area contributed by atoms with Crippen molar-refractivity contribution in [1.82, 2.24) is 9.88 Å². The van der Waals surface area contributed by atoms with Gasteiger partial charge in [-0.3, -0.25) is 4.79 Å². The molecule has 2 heterocycles. The minimum Gasteiger partial charge on any atom is -0.480 e. The fourth-order valence-corrected chi connectivity index (χ4v) is 7.19. The molecule has 0 spiro atoms. The number of carbonyl (C=O) groups is 1. The van der Waals surface area contributed by atoms with Crippen molar-refractivity contribution in [3.8, 4) is 0 Å². The fourth-order valence-electron chi connectivity index (χ4n) is 3.80. The molecular formula is C19H16ClF3N2O5S2. The second kappa shape index (κ2) is 7.51. The zero-order chi connectivity index (χ0) is 23.5. The summed E-state index contributed by atoms with van der Waals surface area (Å²) in [6.07, 6.45) is -3.30. The Labute approximate surface area is 190 Å². The van der Waals surface area contributed by atoms with Crippen molar-refractivity contribution in [2.45, 2.75) is 41.5 Å². The van der Waals surface area contributed by atoms with Gasteiger partial charge in [0.25, 0.3) is 0 Å². The quantitative estimate of drug-likeness (QED) is 0.600. The first kappa shape index (κ1) is 23.1. The summed E-state index contributed by atoms with van der Waals surface area (Å²) in [6.45, 7) is 1.63. The number of thioether (sulfide) groups is 1. The maximum Gasteiger partial charge on any atom is 0.452 e. The van der Waals surface area contributed by atoms with Crippen molar-refractivity contribution in [2.75, 3.05) is 0 Å². The second-order valence-corrected chi connectivity index (χ2v) is 11.6. The standard InChI is InChI=1S/C19H16ClF3N2O5S2/c1-17(10-3-2-4-11(20)7-10)9-18(17,16(26)27)25-32(28,29)15-6-5-13(31-15)12-8-14(30-24-12)19(21,22)23/h2-5,7-8,15,25H,6,9H2,1H3,(H,26,27). The topological polar surface area (TPSA) is 110 Å². The van der Waals surface area contributed by atoms with E-state index in [2.05, 4.69) is 14.4 Å². The van der Waals surface area contributed by atoms with Crippen molar-refractivity contribution < 1.29 is 36.0 Å². The van der Waals surface area contributed by atoms with E-state index in [-0.39, 0.29) is 23.4 Å². The largest absolute Gasteiger partial charge is 0.480 e. The molecule has 7 nitrogen and oxygen atoms in total. The molecule has 4 rings (SSSR count). The first-order valence-corrected chi connectivity index (χ1v) is 12.0. The van der Waals surface area contributed by atoms with Gasteiger partial charge in [-0.05, 0) is 30.5 Å². The lowest BCUT2D eigenvalue weighted by molar-refractivity contribution is -0.155. The predicted octanol–water partition coefficient (Wildman–Crippen LogP) is 4.26. The molecule has 1 aliphatic carbocycles. The summed E-state index contributed by atoms with van der Waals surface area (Å²) in [6, 6.07) is 7.24. The van der Waals surface area contributed by atoms with Gasteiger partial charge < -0.3 is 9.63 Å². The molecule has 0 saturated heterocycles. The lowest BCUT2D eigenvalue weighted by Crippen LogP contribution is -2.50. The van der Waals surface area contributed by atoms with Gasteiger partial charge in [0.2, 0.25) is 15.8 Å². The van der Waals surface area contributed by atoms with Crippen LogP contribution in [0.4, 0.5) is 13.2 Å². The van der Waals surface area contributed by atoms with E-state index < -0.39 is 43.5 Å². The van der Waals surface area contributed by atoms with Gasteiger partial charge in [0.05, 0.1) is 0 Å². The van der Waals surface area contributed by atoms with Crippen molar-refractivity contribution >= 4 is 44.3 Å². The first-order valence-electron chi connectivity index (χ1n) is 9.22. The molecule has 3 unspecified atom stereocenters. The number of carboxylic acid groups (broad SMARTS) is 1. The summed E-state index contributed by atoms with van der Waals surface area (Å²) in [5.74, 6) is -2.62. The van der Waals surface area contributed by atoms with E-state index in [1.54, 1.807) is 31.2 Å². The number of aliphatic carboxylic acids is 1. The van der Waals surface area contributed by atoms with E-state index in [9.17, 15) is 31.5 Å². The highest BCUT2D eigenvalue weighted by molar-refractivity contribution is 8.18. The molecule has 1 fully saturated rings. The number of allylic oxidation sites excluding steroid dienone is 1. The number of rotatable bonds is 6. The van der Waals surface area contributed by atoms with E-state index >= 15 is 0 Å². The molecule has 32 heavy (non-hydrogen) atoms. The Balaban J connectivity index is 1.53. The third kappa shape index (κ3) is 3.82. The zero-order valence-electron chi connectivity index (χ0n) is 16.3. The van der Waals surface area contributed by atoms with E-state index in [0.29, 0.717) is 16.7 Å². The number of nitrogens with one attached hydrogen (secondary N) is 1. The normalized spacial score (nSPS) is 27.9. The number of alkyl halides is 3. The van der Waals surface area contributed by atoms with Gasteiger partial charge in [-0.15, -0.1) is 11.8 Å². The van der Waals surface area contributed by atoms with Gasteiger partial charge in [0, 0.05) is 21.4 Å². The van der Waals surface area contributed by atoms with Gasteiger partial charge >= 0.3 is 12.1 Å². The highest BCUT2D eigenvalue weighted by Gasteiger charge is 2.72. The first-order chi connectivity index (χ1) is 14.8. The van der Waals surface area contributed by atoms with Crippen molar-refractivity contribution in [3.05, 3.63) is 58.4 Å². The molecule has 3 atom stereocenters. The van der Waals surface area contributed by atoms with Crippen LogP contribution in [0.15, 0.2) is 40.9 Å². The second-order valence-electron chi connectivity index (χ2n) is 7.80. The average Bonchev–Trinajstić information content (AvgIpc) is 3.12.